The van der Waals surface area contributed by atoms with Crippen molar-refractivity contribution in [3.63, 3.8) is 0 Å². The van der Waals surface area contributed by atoms with Crippen molar-refractivity contribution in [1.29, 1.82) is 0 Å². The quantitative estimate of drug-likeness (QED) is 0.713. The molecule has 2 unspecified atom stereocenters. The topological polar surface area (TPSA) is 38.3 Å². The van der Waals surface area contributed by atoms with Gasteiger partial charge >= 0.3 is 5.97 Å². The summed E-state index contributed by atoms with van der Waals surface area (Å²) >= 11 is 2.02. The molecule has 17 heavy (non-hydrogen) atoms. The summed E-state index contributed by atoms with van der Waals surface area (Å²) in [6, 6.07) is -0.127. The molecular weight excluding hydrogens is 234 g/mol. The van der Waals surface area contributed by atoms with Crippen LogP contribution in [0.3, 0.4) is 0 Å². The molecule has 1 aliphatic heterocycles. The minimum atomic E-state index is -0.127. The van der Waals surface area contributed by atoms with Crippen molar-refractivity contribution in [3.05, 3.63) is 0 Å². The Morgan fingerprint density at radius 3 is 2.82 bits per heavy atom. The summed E-state index contributed by atoms with van der Waals surface area (Å²) in [5.74, 6) is 1.15. The molecule has 1 rings (SSSR count). The number of thioether (sulfide) groups is 1. The predicted molar refractivity (Wildman–Crippen MR) is 73.4 cm³/mol. The van der Waals surface area contributed by atoms with Gasteiger partial charge in [0.15, 0.2) is 0 Å². The number of nitrogens with one attached hydrogen (secondary N) is 1. The van der Waals surface area contributed by atoms with Crippen molar-refractivity contribution in [2.75, 3.05) is 18.9 Å². The van der Waals surface area contributed by atoms with Gasteiger partial charge in [-0.05, 0) is 38.9 Å². The number of carbonyl (C=O) groups excluding carboxylic acids is 1. The van der Waals surface area contributed by atoms with Gasteiger partial charge in [-0.3, -0.25) is 4.79 Å². The Bertz CT molecular complexity index is 240. The van der Waals surface area contributed by atoms with E-state index in [2.05, 4.69) is 19.2 Å². The van der Waals surface area contributed by atoms with Crippen LogP contribution >= 0.6 is 11.8 Å². The molecule has 100 valence electrons. The first kappa shape index (κ1) is 14.8. The molecule has 0 radical (unpaired) electrons. The molecule has 0 aliphatic carbocycles. The zero-order valence-corrected chi connectivity index (χ0v) is 12.1. The van der Waals surface area contributed by atoms with Crippen molar-refractivity contribution in [2.24, 2.45) is 0 Å². The molecule has 0 aromatic rings. The Morgan fingerprint density at radius 2 is 2.29 bits per heavy atom. The molecule has 4 heteroatoms. The van der Waals surface area contributed by atoms with E-state index in [9.17, 15) is 4.79 Å². The van der Waals surface area contributed by atoms with Gasteiger partial charge in [-0.25, -0.2) is 0 Å². The third-order valence-electron chi connectivity index (χ3n) is 3.17. The van der Waals surface area contributed by atoms with Gasteiger partial charge in [0, 0.05) is 11.3 Å². The van der Waals surface area contributed by atoms with Gasteiger partial charge in [-0.15, -0.1) is 0 Å². The normalized spacial score (nSPS) is 25.8. The van der Waals surface area contributed by atoms with Gasteiger partial charge in [0.1, 0.15) is 6.04 Å². The van der Waals surface area contributed by atoms with Crippen LogP contribution in [0.5, 0.6) is 0 Å². The fourth-order valence-corrected chi connectivity index (χ4v) is 3.41. The summed E-state index contributed by atoms with van der Waals surface area (Å²) in [6.45, 7) is 7.61. The molecule has 0 bridgehead atoms. The third-order valence-corrected chi connectivity index (χ3v) is 4.71. The molecular formula is C13H25NO2S. The van der Waals surface area contributed by atoms with E-state index in [1.807, 2.05) is 18.7 Å². The molecule has 0 saturated carbocycles. The Balaban J connectivity index is 2.40. The minimum absolute atomic E-state index is 0.0963. The zero-order valence-electron chi connectivity index (χ0n) is 11.3. The molecule has 1 saturated heterocycles. The Morgan fingerprint density at radius 1 is 1.53 bits per heavy atom. The van der Waals surface area contributed by atoms with E-state index in [0.29, 0.717) is 11.4 Å². The number of rotatable bonds is 7. The van der Waals surface area contributed by atoms with Gasteiger partial charge in [0.05, 0.1) is 6.61 Å². The first-order valence-electron chi connectivity index (χ1n) is 6.65. The fourth-order valence-electron chi connectivity index (χ4n) is 2.15. The maximum absolute atomic E-state index is 11.8. The molecule has 0 aromatic carbocycles. The van der Waals surface area contributed by atoms with Gasteiger partial charge in [0.25, 0.3) is 0 Å². The second-order valence-corrected chi connectivity index (χ2v) is 6.56. The van der Waals surface area contributed by atoms with Crippen LogP contribution in [-0.4, -0.2) is 35.7 Å². The zero-order chi connectivity index (χ0) is 12.7. The van der Waals surface area contributed by atoms with Crippen molar-refractivity contribution in [2.45, 2.75) is 57.2 Å². The van der Waals surface area contributed by atoms with Crippen molar-refractivity contribution in [3.8, 4) is 0 Å². The van der Waals surface area contributed by atoms with Crippen LogP contribution in [0, 0.1) is 0 Å². The van der Waals surface area contributed by atoms with Crippen LogP contribution in [0.2, 0.25) is 0 Å². The SMILES string of the molecule is CCCC(NCC1(C)CCCS1)C(=O)OCC. The molecule has 1 aliphatic rings. The molecule has 0 aromatic heterocycles. The first-order valence-corrected chi connectivity index (χ1v) is 7.64. The highest BCUT2D eigenvalue weighted by molar-refractivity contribution is 8.00. The second kappa shape index (κ2) is 7.27. The molecule has 0 amide bonds. The average molecular weight is 259 g/mol. The van der Waals surface area contributed by atoms with E-state index in [1.54, 1.807) is 0 Å². The number of hydrogen-bond donors (Lipinski definition) is 1. The largest absolute Gasteiger partial charge is 0.465 e. The van der Waals surface area contributed by atoms with Crippen LogP contribution < -0.4 is 5.32 Å². The molecule has 1 fully saturated rings. The van der Waals surface area contributed by atoms with Gasteiger partial charge < -0.3 is 10.1 Å². The third kappa shape index (κ3) is 4.88. The highest BCUT2D eigenvalue weighted by Crippen LogP contribution is 2.37. The van der Waals surface area contributed by atoms with E-state index in [1.165, 1.54) is 18.6 Å². The fraction of sp³-hybridized carbons (Fsp3) is 0.923. The lowest BCUT2D eigenvalue weighted by molar-refractivity contribution is -0.145. The second-order valence-electron chi connectivity index (χ2n) is 4.88. The van der Waals surface area contributed by atoms with Gasteiger partial charge in [-0.1, -0.05) is 13.3 Å². The monoisotopic (exact) mass is 259 g/mol. The van der Waals surface area contributed by atoms with Crippen LogP contribution in [0.15, 0.2) is 0 Å². The molecule has 3 nitrogen and oxygen atoms in total. The highest BCUT2D eigenvalue weighted by atomic mass is 32.2. The molecule has 1 N–H and O–H groups in total. The van der Waals surface area contributed by atoms with Crippen LogP contribution in [-0.2, 0) is 9.53 Å². The standard InChI is InChI=1S/C13H25NO2S/c1-4-7-11(12(15)16-5-2)14-10-13(3)8-6-9-17-13/h11,14H,4-10H2,1-3H3. The molecule has 1 heterocycles. The van der Waals surface area contributed by atoms with Crippen molar-refractivity contribution >= 4 is 17.7 Å². The summed E-state index contributed by atoms with van der Waals surface area (Å²) in [5, 5.41) is 3.39. The highest BCUT2D eigenvalue weighted by Gasteiger charge is 2.31. The van der Waals surface area contributed by atoms with Gasteiger partial charge in [-0.2, -0.15) is 11.8 Å². The first-order chi connectivity index (χ1) is 8.11. The van der Waals surface area contributed by atoms with E-state index < -0.39 is 0 Å². The summed E-state index contributed by atoms with van der Waals surface area (Å²) in [7, 11) is 0. The summed E-state index contributed by atoms with van der Waals surface area (Å²) in [5.41, 5.74) is 0. The maximum Gasteiger partial charge on any atom is 0.323 e. The lowest BCUT2D eigenvalue weighted by Gasteiger charge is -2.26. The van der Waals surface area contributed by atoms with E-state index in [4.69, 9.17) is 4.74 Å². The van der Waals surface area contributed by atoms with Crippen molar-refractivity contribution < 1.29 is 9.53 Å². The number of ether oxygens (including phenoxy) is 1. The Kier molecular flexibility index (Phi) is 6.34. The summed E-state index contributed by atoms with van der Waals surface area (Å²) < 4.78 is 5.40. The van der Waals surface area contributed by atoms with Crippen molar-refractivity contribution in [1.82, 2.24) is 5.32 Å². The minimum Gasteiger partial charge on any atom is -0.465 e. The number of carbonyl (C=O) groups is 1. The Labute approximate surface area is 109 Å². The van der Waals surface area contributed by atoms with E-state index in [0.717, 1.165) is 19.4 Å². The van der Waals surface area contributed by atoms with E-state index >= 15 is 0 Å². The van der Waals surface area contributed by atoms with E-state index in [-0.39, 0.29) is 12.0 Å². The van der Waals surface area contributed by atoms with Crippen LogP contribution in [0.1, 0.15) is 46.5 Å². The van der Waals surface area contributed by atoms with Crippen LogP contribution in [0.4, 0.5) is 0 Å². The van der Waals surface area contributed by atoms with Gasteiger partial charge in [0.2, 0.25) is 0 Å². The number of esters is 1. The van der Waals surface area contributed by atoms with Crippen LogP contribution in [0.25, 0.3) is 0 Å². The summed E-state index contributed by atoms with van der Waals surface area (Å²) in [6.07, 6.45) is 4.40. The predicted octanol–water partition coefficient (Wildman–Crippen LogP) is 2.59. The molecule has 2 atom stereocenters. The lowest BCUT2D eigenvalue weighted by atomic mass is 10.0. The maximum atomic E-state index is 11.8. The number of hydrogen-bond acceptors (Lipinski definition) is 4. The smallest absolute Gasteiger partial charge is 0.323 e. The summed E-state index contributed by atoms with van der Waals surface area (Å²) in [4.78, 5) is 11.8. The Hall–Kier alpha value is -0.220. The lowest BCUT2D eigenvalue weighted by Crippen LogP contribution is -2.44. The average Bonchev–Trinajstić information content (AvgIpc) is 2.72. The molecule has 0 spiro atoms.